The van der Waals surface area contributed by atoms with Crippen LogP contribution in [0.15, 0.2) is 28.7 Å². The molecule has 0 aliphatic rings. The Morgan fingerprint density at radius 3 is 2.62 bits per heavy atom. The number of nitrogens with one attached hydrogen (secondary N) is 1. The highest BCUT2D eigenvalue weighted by atomic mass is 79.9. The first-order valence-corrected chi connectivity index (χ1v) is 7.62. The molecule has 6 heteroatoms. The zero-order valence-electron chi connectivity index (χ0n) is 12.4. The topological polar surface area (TPSA) is 72.9 Å². The predicted molar refractivity (Wildman–Crippen MR) is 87.1 cm³/mol. The molecule has 1 aromatic heterocycles. The van der Waals surface area contributed by atoms with E-state index in [9.17, 15) is 4.79 Å². The fourth-order valence-corrected chi connectivity index (χ4v) is 2.43. The molecule has 1 heterocycles. The molecule has 1 aromatic carbocycles. The van der Waals surface area contributed by atoms with E-state index in [1.54, 1.807) is 11.6 Å². The van der Waals surface area contributed by atoms with Gasteiger partial charge in [-0.1, -0.05) is 28.1 Å². The molecule has 0 bridgehead atoms. The van der Waals surface area contributed by atoms with Crippen molar-refractivity contribution in [1.82, 2.24) is 15.1 Å². The highest BCUT2D eigenvalue weighted by Crippen LogP contribution is 2.20. The number of nitrogens with two attached hydrogens (primary N) is 1. The van der Waals surface area contributed by atoms with E-state index in [1.807, 2.05) is 38.1 Å². The first-order valence-electron chi connectivity index (χ1n) is 6.83. The van der Waals surface area contributed by atoms with Crippen LogP contribution in [0, 0.1) is 6.92 Å². The maximum atomic E-state index is 12.4. The smallest absolute Gasteiger partial charge is 0.272 e. The van der Waals surface area contributed by atoms with Gasteiger partial charge in [-0.2, -0.15) is 5.10 Å². The van der Waals surface area contributed by atoms with Crippen molar-refractivity contribution in [2.75, 3.05) is 5.73 Å². The van der Waals surface area contributed by atoms with E-state index in [-0.39, 0.29) is 11.9 Å². The van der Waals surface area contributed by atoms with Gasteiger partial charge in [-0.3, -0.25) is 9.48 Å². The minimum Gasteiger partial charge on any atom is -0.395 e. The summed E-state index contributed by atoms with van der Waals surface area (Å²) in [4.78, 5) is 12.4. The Kier molecular flexibility index (Phi) is 4.67. The van der Waals surface area contributed by atoms with Crippen LogP contribution in [0.2, 0.25) is 0 Å². The van der Waals surface area contributed by atoms with Crippen molar-refractivity contribution in [1.29, 1.82) is 0 Å². The second kappa shape index (κ2) is 6.30. The summed E-state index contributed by atoms with van der Waals surface area (Å²) >= 11 is 3.40. The highest BCUT2D eigenvalue weighted by molar-refractivity contribution is 9.10. The first-order chi connectivity index (χ1) is 9.93. The average Bonchev–Trinajstić information content (AvgIpc) is 2.74. The molecule has 0 spiro atoms. The number of anilines is 1. The summed E-state index contributed by atoms with van der Waals surface area (Å²) < 4.78 is 2.64. The second-order valence-corrected chi connectivity index (χ2v) is 5.83. The first kappa shape index (κ1) is 15.6. The molecule has 0 radical (unpaired) electrons. The standard InChI is InChI=1S/C15H19BrN4O/c1-4-20-14(13(17)10(3)19-20)15(21)18-9(2)11-5-7-12(16)8-6-11/h5-9H,4,17H2,1-3H3,(H,18,21)/t9-/m0/s1. The van der Waals surface area contributed by atoms with E-state index in [0.717, 1.165) is 10.0 Å². The molecule has 0 unspecified atom stereocenters. The van der Waals surface area contributed by atoms with Gasteiger partial charge in [-0.05, 0) is 38.5 Å². The Labute approximate surface area is 132 Å². The molecule has 0 saturated heterocycles. The van der Waals surface area contributed by atoms with Crippen molar-refractivity contribution < 1.29 is 4.79 Å². The third kappa shape index (κ3) is 3.26. The van der Waals surface area contributed by atoms with Gasteiger partial charge < -0.3 is 11.1 Å². The van der Waals surface area contributed by atoms with Crippen LogP contribution in [0.1, 0.15) is 41.6 Å². The Bertz CT molecular complexity index is 648. The quantitative estimate of drug-likeness (QED) is 0.889. The Morgan fingerprint density at radius 1 is 1.43 bits per heavy atom. The Balaban J connectivity index is 2.20. The van der Waals surface area contributed by atoms with Crippen molar-refractivity contribution >= 4 is 27.5 Å². The SMILES string of the molecule is CCn1nc(C)c(N)c1C(=O)N[C@@H](C)c1ccc(Br)cc1. The Hall–Kier alpha value is -1.82. The predicted octanol–water partition coefficient (Wildman–Crippen LogP) is 3.05. The van der Waals surface area contributed by atoms with E-state index < -0.39 is 0 Å². The molecular weight excluding hydrogens is 332 g/mol. The molecule has 0 aliphatic carbocycles. The summed E-state index contributed by atoms with van der Waals surface area (Å²) in [5, 5.41) is 7.23. The normalized spacial score (nSPS) is 12.2. The molecule has 5 nitrogen and oxygen atoms in total. The second-order valence-electron chi connectivity index (χ2n) is 4.91. The lowest BCUT2D eigenvalue weighted by Gasteiger charge is -2.15. The van der Waals surface area contributed by atoms with Crippen LogP contribution in [-0.2, 0) is 6.54 Å². The minimum atomic E-state index is -0.203. The van der Waals surface area contributed by atoms with Gasteiger partial charge in [-0.25, -0.2) is 0 Å². The van der Waals surface area contributed by atoms with Crippen molar-refractivity contribution in [3.63, 3.8) is 0 Å². The monoisotopic (exact) mass is 350 g/mol. The van der Waals surface area contributed by atoms with Gasteiger partial charge in [-0.15, -0.1) is 0 Å². The summed E-state index contributed by atoms with van der Waals surface area (Å²) in [5.41, 5.74) is 8.55. The third-order valence-corrected chi connectivity index (χ3v) is 3.93. The zero-order chi connectivity index (χ0) is 15.6. The molecule has 3 N–H and O–H groups in total. The van der Waals surface area contributed by atoms with Crippen LogP contribution in [0.3, 0.4) is 0 Å². The van der Waals surface area contributed by atoms with Gasteiger partial charge in [0, 0.05) is 11.0 Å². The maximum absolute atomic E-state index is 12.4. The minimum absolute atomic E-state index is 0.106. The number of nitrogens with zero attached hydrogens (tertiary/aromatic N) is 2. The summed E-state index contributed by atoms with van der Waals surface area (Å²) in [6.45, 7) is 6.28. The molecule has 2 aromatic rings. The number of rotatable bonds is 4. The van der Waals surface area contributed by atoms with Gasteiger partial charge in [0.15, 0.2) is 0 Å². The van der Waals surface area contributed by atoms with Crippen LogP contribution < -0.4 is 11.1 Å². The molecule has 0 aliphatic heterocycles. The highest BCUT2D eigenvalue weighted by Gasteiger charge is 2.20. The molecule has 21 heavy (non-hydrogen) atoms. The largest absolute Gasteiger partial charge is 0.395 e. The fraction of sp³-hybridized carbons (Fsp3) is 0.333. The number of halogens is 1. The average molecular weight is 351 g/mol. The van der Waals surface area contributed by atoms with Gasteiger partial charge in [0.2, 0.25) is 0 Å². The number of carbonyl (C=O) groups is 1. The maximum Gasteiger partial charge on any atom is 0.272 e. The Morgan fingerprint density at radius 2 is 2.05 bits per heavy atom. The van der Waals surface area contributed by atoms with E-state index in [0.29, 0.717) is 23.6 Å². The van der Waals surface area contributed by atoms with Crippen molar-refractivity contribution in [2.45, 2.75) is 33.4 Å². The van der Waals surface area contributed by atoms with Crippen LogP contribution in [0.5, 0.6) is 0 Å². The van der Waals surface area contributed by atoms with E-state index in [1.165, 1.54) is 0 Å². The molecular formula is C15H19BrN4O. The lowest BCUT2D eigenvalue weighted by Crippen LogP contribution is -2.29. The number of hydrogen-bond acceptors (Lipinski definition) is 3. The van der Waals surface area contributed by atoms with Crippen LogP contribution in [0.4, 0.5) is 5.69 Å². The summed E-state index contributed by atoms with van der Waals surface area (Å²) in [6, 6.07) is 7.74. The van der Waals surface area contributed by atoms with Gasteiger partial charge >= 0.3 is 0 Å². The number of hydrogen-bond donors (Lipinski definition) is 2. The van der Waals surface area contributed by atoms with Crippen molar-refractivity contribution in [2.24, 2.45) is 0 Å². The number of benzene rings is 1. The molecule has 2 rings (SSSR count). The lowest BCUT2D eigenvalue weighted by molar-refractivity contribution is 0.0930. The molecule has 0 saturated carbocycles. The van der Waals surface area contributed by atoms with E-state index in [2.05, 4.69) is 26.3 Å². The number of aromatic nitrogens is 2. The molecule has 1 atom stereocenters. The summed E-state index contributed by atoms with van der Waals surface area (Å²) in [7, 11) is 0. The summed E-state index contributed by atoms with van der Waals surface area (Å²) in [5.74, 6) is -0.203. The number of nitrogen functional groups attached to an aromatic ring is 1. The fourth-order valence-electron chi connectivity index (χ4n) is 2.16. The van der Waals surface area contributed by atoms with Gasteiger partial charge in [0.25, 0.3) is 5.91 Å². The van der Waals surface area contributed by atoms with Crippen LogP contribution in [-0.4, -0.2) is 15.7 Å². The number of amides is 1. The van der Waals surface area contributed by atoms with E-state index in [4.69, 9.17) is 5.73 Å². The van der Waals surface area contributed by atoms with E-state index >= 15 is 0 Å². The summed E-state index contributed by atoms with van der Waals surface area (Å²) in [6.07, 6.45) is 0. The van der Waals surface area contributed by atoms with Crippen molar-refractivity contribution in [3.8, 4) is 0 Å². The third-order valence-electron chi connectivity index (χ3n) is 3.41. The van der Waals surface area contributed by atoms with Gasteiger partial charge in [0.1, 0.15) is 5.69 Å². The van der Waals surface area contributed by atoms with Crippen LogP contribution >= 0.6 is 15.9 Å². The molecule has 1 amide bonds. The zero-order valence-corrected chi connectivity index (χ0v) is 13.9. The van der Waals surface area contributed by atoms with Crippen LogP contribution in [0.25, 0.3) is 0 Å². The number of aryl methyl sites for hydroxylation is 2. The molecule has 0 fully saturated rings. The van der Waals surface area contributed by atoms with Crippen molar-refractivity contribution in [3.05, 3.63) is 45.7 Å². The number of carbonyl (C=O) groups excluding carboxylic acids is 1. The van der Waals surface area contributed by atoms with Gasteiger partial charge in [0.05, 0.1) is 17.4 Å². The lowest BCUT2D eigenvalue weighted by atomic mass is 10.1. The molecule has 112 valence electrons.